The molecule has 0 heterocycles. The molecule has 0 saturated heterocycles. The Kier molecular flexibility index (Phi) is 8.55. The van der Waals surface area contributed by atoms with Crippen LogP contribution in [0.3, 0.4) is 0 Å². The zero-order valence-corrected chi connectivity index (χ0v) is 11.5. The summed E-state index contributed by atoms with van der Waals surface area (Å²) in [5.41, 5.74) is 5.13. The maximum Gasteiger partial charge on any atom is 0.247 e. The summed E-state index contributed by atoms with van der Waals surface area (Å²) < 4.78 is 0. The number of carbonyl (C=O) groups is 4. The van der Waals surface area contributed by atoms with Gasteiger partial charge in [-0.2, -0.15) is 12.6 Å². The van der Waals surface area contributed by atoms with Gasteiger partial charge in [-0.15, -0.1) is 0 Å². The van der Waals surface area contributed by atoms with Crippen molar-refractivity contribution in [3.63, 3.8) is 0 Å². The maximum absolute atomic E-state index is 12.0. The van der Waals surface area contributed by atoms with Gasteiger partial charge in [0.1, 0.15) is 12.3 Å². The number of nitrogens with one attached hydrogen (secondary N) is 2. The van der Waals surface area contributed by atoms with Crippen molar-refractivity contribution in [2.24, 2.45) is 5.73 Å². The van der Waals surface area contributed by atoms with Crippen molar-refractivity contribution in [3.05, 3.63) is 0 Å². The minimum Gasteiger partial charge on any atom is -0.342 e. The molecule has 19 heavy (non-hydrogen) atoms. The van der Waals surface area contributed by atoms with Gasteiger partial charge in [0.05, 0.1) is 19.8 Å². The summed E-state index contributed by atoms with van der Waals surface area (Å²) in [5, 5.41) is 4.79. The van der Waals surface area contributed by atoms with Gasteiger partial charge in [-0.25, -0.2) is 0 Å². The lowest BCUT2D eigenvalue weighted by molar-refractivity contribution is -0.137. The number of nitrogens with two attached hydrogens (primary N) is 1. The molecule has 1 atom stereocenters. The van der Waals surface area contributed by atoms with E-state index in [4.69, 9.17) is 5.73 Å². The summed E-state index contributed by atoms with van der Waals surface area (Å²) >= 11 is 3.96. The lowest BCUT2D eigenvalue weighted by atomic mass is 10.2. The molecule has 0 aromatic heterocycles. The minimum atomic E-state index is -0.895. The molecule has 0 rings (SSSR count). The van der Waals surface area contributed by atoms with Gasteiger partial charge < -0.3 is 26.1 Å². The summed E-state index contributed by atoms with van der Waals surface area (Å²) in [5.74, 6) is -1.30. The molecule has 1 unspecified atom stereocenters. The number of thiol groups is 1. The normalized spacial score (nSPS) is 11.3. The highest BCUT2D eigenvalue weighted by Crippen LogP contribution is 1.97. The topological polar surface area (TPSA) is 122 Å². The number of rotatable bonds is 8. The van der Waals surface area contributed by atoms with Gasteiger partial charge in [0.25, 0.3) is 0 Å². The number of aldehydes is 1. The Morgan fingerprint density at radius 3 is 2.47 bits per heavy atom. The number of nitrogens with zero attached hydrogens (tertiary/aromatic N) is 1. The van der Waals surface area contributed by atoms with Gasteiger partial charge in [-0.05, 0) is 0 Å². The van der Waals surface area contributed by atoms with Gasteiger partial charge in [0.15, 0.2) is 0 Å². The fraction of sp³-hybridized carbons (Fsp3) is 0.600. The Labute approximate surface area is 116 Å². The number of hydrogen-bond donors (Lipinski definition) is 4. The van der Waals surface area contributed by atoms with Crippen molar-refractivity contribution < 1.29 is 19.2 Å². The molecule has 0 aliphatic carbocycles. The highest BCUT2D eigenvalue weighted by atomic mass is 32.1. The third-order valence-corrected chi connectivity index (χ3v) is 2.49. The Bertz CT molecular complexity index is 350. The predicted molar refractivity (Wildman–Crippen MR) is 71.3 cm³/mol. The molecule has 0 fully saturated rings. The van der Waals surface area contributed by atoms with E-state index < -0.39 is 17.9 Å². The van der Waals surface area contributed by atoms with Crippen molar-refractivity contribution in [2.45, 2.75) is 13.0 Å². The molecule has 0 bridgehead atoms. The zero-order chi connectivity index (χ0) is 14.8. The van der Waals surface area contributed by atoms with Crippen molar-refractivity contribution in [1.82, 2.24) is 15.5 Å². The number of amides is 3. The molecule has 0 aromatic carbocycles. The molecule has 4 N–H and O–H groups in total. The minimum absolute atomic E-state index is 0.0556. The van der Waals surface area contributed by atoms with Crippen molar-refractivity contribution in [3.8, 4) is 0 Å². The summed E-state index contributed by atoms with van der Waals surface area (Å²) in [6.45, 7) is 0.727. The van der Waals surface area contributed by atoms with E-state index in [-0.39, 0.29) is 31.4 Å². The van der Waals surface area contributed by atoms with Crippen LogP contribution in [0.5, 0.6) is 0 Å². The highest BCUT2D eigenvalue weighted by molar-refractivity contribution is 7.80. The molecule has 0 spiro atoms. The van der Waals surface area contributed by atoms with Crippen molar-refractivity contribution >= 4 is 36.6 Å². The molecule has 0 aliphatic heterocycles. The molecular formula is C10H18N4O4S. The van der Waals surface area contributed by atoms with Crippen LogP contribution in [0.25, 0.3) is 0 Å². The van der Waals surface area contributed by atoms with Crippen LogP contribution < -0.4 is 16.4 Å². The highest BCUT2D eigenvalue weighted by Gasteiger charge is 2.24. The van der Waals surface area contributed by atoms with Gasteiger partial charge >= 0.3 is 0 Å². The molecule has 0 radical (unpaired) electrons. The Morgan fingerprint density at radius 2 is 2.05 bits per heavy atom. The predicted octanol–water partition coefficient (Wildman–Crippen LogP) is -2.52. The van der Waals surface area contributed by atoms with E-state index in [9.17, 15) is 19.2 Å². The average Bonchev–Trinajstić information content (AvgIpc) is 2.39. The van der Waals surface area contributed by atoms with E-state index in [1.165, 1.54) is 6.92 Å². The second kappa shape index (κ2) is 9.34. The van der Waals surface area contributed by atoms with E-state index in [1.54, 1.807) is 0 Å². The Balaban J connectivity index is 4.68. The molecule has 9 heteroatoms. The second-order valence-corrected chi connectivity index (χ2v) is 3.99. The van der Waals surface area contributed by atoms with E-state index in [2.05, 4.69) is 23.3 Å². The third-order valence-electron chi connectivity index (χ3n) is 2.13. The molecule has 108 valence electrons. The van der Waals surface area contributed by atoms with Gasteiger partial charge in [-0.3, -0.25) is 14.4 Å². The summed E-state index contributed by atoms with van der Waals surface area (Å²) in [4.78, 5) is 45.6. The van der Waals surface area contributed by atoms with Gasteiger partial charge in [0, 0.05) is 12.7 Å². The van der Waals surface area contributed by atoms with Crippen LogP contribution in [-0.4, -0.2) is 60.5 Å². The molecule has 0 saturated carbocycles. The first-order chi connectivity index (χ1) is 8.96. The number of hydrogen-bond acceptors (Lipinski definition) is 6. The van der Waals surface area contributed by atoms with Crippen LogP contribution in [0.2, 0.25) is 0 Å². The molecule has 8 nitrogen and oxygen atoms in total. The van der Waals surface area contributed by atoms with Crippen LogP contribution in [0.1, 0.15) is 6.92 Å². The first kappa shape index (κ1) is 17.4. The largest absolute Gasteiger partial charge is 0.342 e. The van der Waals surface area contributed by atoms with Crippen molar-refractivity contribution in [1.29, 1.82) is 0 Å². The smallest absolute Gasteiger partial charge is 0.247 e. The van der Waals surface area contributed by atoms with Crippen molar-refractivity contribution in [2.75, 3.05) is 25.5 Å². The Morgan fingerprint density at radius 1 is 1.42 bits per heavy atom. The quantitative estimate of drug-likeness (QED) is 0.223. The fourth-order valence-corrected chi connectivity index (χ4v) is 1.44. The molecule has 0 aliphatic rings. The van der Waals surface area contributed by atoms with Crippen LogP contribution >= 0.6 is 12.6 Å². The van der Waals surface area contributed by atoms with Gasteiger partial charge in [0.2, 0.25) is 17.7 Å². The Hall–Kier alpha value is -1.61. The molecule has 0 aromatic rings. The van der Waals surface area contributed by atoms with E-state index >= 15 is 0 Å². The van der Waals surface area contributed by atoms with E-state index in [0.29, 0.717) is 6.29 Å². The monoisotopic (exact) mass is 290 g/mol. The van der Waals surface area contributed by atoms with Crippen LogP contribution in [0.4, 0.5) is 0 Å². The lowest BCUT2D eigenvalue weighted by Gasteiger charge is -2.25. The standard InChI is InChI=1S/C10H18N4O4S/c1-7(16)12-6-14(2-3-15)10(18)8(5-19)13-9(17)4-11/h3,8,19H,2,4-6,11H2,1H3,(H,12,16)(H,13,17). The van der Waals surface area contributed by atoms with Gasteiger partial charge in [-0.1, -0.05) is 0 Å². The van der Waals surface area contributed by atoms with Crippen LogP contribution in [0, 0.1) is 0 Å². The molecular weight excluding hydrogens is 272 g/mol. The zero-order valence-electron chi connectivity index (χ0n) is 10.6. The summed E-state index contributed by atoms with van der Waals surface area (Å²) in [7, 11) is 0. The average molecular weight is 290 g/mol. The van der Waals surface area contributed by atoms with E-state index in [0.717, 1.165) is 4.90 Å². The third kappa shape index (κ3) is 6.77. The maximum atomic E-state index is 12.0. The fourth-order valence-electron chi connectivity index (χ4n) is 1.19. The lowest BCUT2D eigenvalue weighted by Crippen LogP contribution is -2.53. The second-order valence-electron chi connectivity index (χ2n) is 3.63. The van der Waals surface area contributed by atoms with E-state index in [1.807, 2.05) is 0 Å². The molecule has 3 amide bonds. The van der Waals surface area contributed by atoms with Crippen LogP contribution in [0.15, 0.2) is 0 Å². The summed E-state index contributed by atoms with van der Waals surface area (Å²) in [6.07, 6.45) is 0.528. The first-order valence-electron chi connectivity index (χ1n) is 5.53. The number of carbonyl (C=O) groups excluding carboxylic acids is 4. The van der Waals surface area contributed by atoms with Crippen LogP contribution in [-0.2, 0) is 19.2 Å². The summed E-state index contributed by atoms with van der Waals surface area (Å²) in [6, 6.07) is -0.895. The first-order valence-corrected chi connectivity index (χ1v) is 6.16. The SMILES string of the molecule is CC(=O)NCN(CC=O)C(=O)C(CS)NC(=O)CN.